The number of aromatic nitrogens is 2. The van der Waals surface area contributed by atoms with E-state index in [1.54, 1.807) is 24.7 Å². The lowest BCUT2D eigenvalue weighted by Gasteiger charge is -2.28. The molecular formula is C15H24N2O4. The standard InChI is InChI=1S/C15H24N2O4/c1-6-21-14(20)15(13(18)19,8-10(2)3)9-12-7-11(4)16-17(12)5/h7,10H,6,8-9H2,1-5H3,(H,18,19). The van der Waals surface area contributed by atoms with Gasteiger partial charge in [-0.15, -0.1) is 0 Å². The van der Waals surface area contributed by atoms with Crippen molar-refractivity contribution in [3.8, 4) is 0 Å². The SMILES string of the molecule is CCOC(=O)C(Cc1cc(C)nn1C)(CC(C)C)C(=O)O. The minimum Gasteiger partial charge on any atom is -0.480 e. The number of rotatable bonds is 7. The quantitative estimate of drug-likeness (QED) is 0.614. The molecule has 1 unspecified atom stereocenters. The fourth-order valence-corrected chi connectivity index (χ4v) is 2.58. The number of carboxylic acid groups (broad SMARTS) is 1. The molecular weight excluding hydrogens is 272 g/mol. The number of esters is 1. The Bertz CT molecular complexity index is 522. The van der Waals surface area contributed by atoms with Gasteiger partial charge in [0.25, 0.3) is 0 Å². The lowest BCUT2D eigenvalue weighted by Crippen LogP contribution is -2.44. The van der Waals surface area contributed by atoms with Crippen LogP contribution in [0.5, 0.6) is 0 Å². The van der Waals surface area contributed by atoms with E-state index < -0.39 is 17.4 Å². The molecule has 0 aliphatic carbocycles. The Morgan fingerprint density at radius 2 is 2.10 bits per heavy atom. The molecule has 0 saturated carbocycles. The van der Waals surface area contributed by atoms with Crippen molar-refractivity contribution in [3.05, 3.63) is 17.5 Å². The summed E-state index contributed by atoms with van der Waals surface area (Å²) in [7, 11) is 1.75. The number of hydrogen-bond acceptors (Lipinski definition) is 4. The van der Waals surface area contributed by atoms with Crippen molar-refractivity contribution in [1.82, 2.24) is 9.78 Å². The van der Waals surface area contributed by atoms with E-state index in [1.807, 2.05) is 20.8 Å². The van der Waals surface area contributed by atoms with Gasteiger partial charge in [0.1, 0.15) is 0 Å². The molecule has 1 atom stereocenters. The number of carboxylic acids is 1. The van der Waals surface area contributed by atoms with Gasteiger partial charge >= 0.3 is 11.9 Å². The van der Waals surface area contributed by atoms with E-state index in [1.165, 1.54) is 0 Å². The molecule has 1 aromatic rings. The molecule has 1 rings (SSSR count). The van der Waals surface area contributed by atoms with Crippen LogP contribution in [0.4, 0.5) is 0 Å². The average molecular weight is 296 g/mol. The van der Waals surface area contributed by atoms with Crippen molar-refractivity contribution in [2.24, 2.45) is 18.4 Å². The van der Waals surface area contributed by atoms with Crippen LogP contribution in [-0.4, -0.2) is 33.4 Å². The first kappa shape index (κ1) is 17.2. The monoisotopic (exact) mass is 296 g/mol. The van der Waals surface area contributed by atoms with Crippen LogP contribution >= 0.6 is 0 Å². The molecule has 0 aliphatic heterocycles. The molecule has 6 nitrogen and oxygen atoms in total. The molecule has 1 heterocycles. The average Bonchev–Trinajstić information content (AvgIpc) is 2.66. The summed E-state index contributed by atoms with van der Waals surface area (Å²) >= 11 is 0. The van der Waals surface area contributed by atoms with Gasteiger partial charge < -0.3 is 9.84 Å². The molecule has 0 saturated heterocycles. The van der Waals surface area contributed by atoms with Gasteiger partial charge in [-0.2, -0.15) is 5.10 Å². The summed E-state index contributed by atoms with van der Waals surface area (Å²) in [6, 6.07) is 1.80. The van der Waals surface area contributed by atoms with Crippen molar-refractivity contribution in [1.29, 1.82) is 0 Å². The van der Waals surface area contributed by atoms with Crippen molar-refractivity contribution in [2.45, 2.75) is 40.5 Å². The number of ether oxygens (including phenoxy) is 1. The van der Waals surface area contributed by atoms with Crippen LogP contribution in [0.2, 0.25) is 0 Å². The molecule has 118 valence electrons. The highest BCUT2D eigenvalue weighted by Crippen LogP contribution is 2.33. The lowest BCUT2D eigenvalue weighted by molar-refractivity contribution is -0.170. The van der Waals surface area contributed by atoms with Crippen LogP contribution in [0.15, 0.2) is 6.07 Å². The molecule has 1 aromatic heterocycles. The highest BCUT2D eigenvalue weighted by molar-refractivity contribution is 5.99. The second kappa shape index (κ2) is 6.74. The first-order valence-electron chi connectivity index (χ1n) is 7.13. The summed E-state index contributed by atoms with van der Waals surface area (Å²) in [4.78, 5) is 24.2. The van der Waals surface area contributed by atoms with Crippen molar-refractivity contribution < 1.29 is 19.4 Å². The van der Waals surface area contributed by atoms with Crippen molar-refractivity contribution >= 4 is 11.9 Å². The van der Waals surface area contributed by atoms with Crippen LogP contribution in [0.3, 0.4) is 0 Å². The maximum absolute atomic E-state index is 12.3. The topological polar surface area (TPSA) is 81.4 Å². The highest BCUT2D eigenvalue weighted by Gasteiger charge is 2.48. The summed E-state index contributed by atoms with van der Waals surface area (Å²) in [6.45, 7) is 7.46. The summed E-state index contributed by atoms with van der Waals surface area (Å²) in [5, 5.41) is 13.9. The normalized spacial score (nSPS) is 14.0. The third-order valence-electron chi connectivity index (χ3n) is 3.41. The van der Waals surface area contributed by atoms with Gasteiger partial charge in [0, 0.05) is 19.2 Å². The predicted molar refractivity (Wildman–Crippen MR) is 77.8 cm³/mol. The molecule has 21 heavy (non-hydrogen) atoms. The molecule has 0 aromatic carbocycles. The largest absolute Gasteiger partial charge is 0.480 e. The Morgan fingerprint density at radius 3 is 2.48 bits per heavy atom. The van der Waals surface area contributed by atoms with Gasteiger partial charge in [0.05, 0.1) is 12.3 Å². The van der Waals surface area contributed by atoms with Crippen LogP contribution < -0.4 is 0 Å². The molecule has 6 heteroatoms. The first-order valence-corrected chi connectivity index (χ1v) is 7.13. The first-order chi connectivity index (χ1) is 9.72. The molecule has 0 radical (unpaired) electrons. The van der Waals surface area contributed by atoms with E-state index in [0.29, 0.717) is 5.69 Å². The highest BCUT2D eigenvalue weighted by atomic mass is 16.5. The Labute approximate surface area is 125 Å². The van der Waals surface area contributed by atoms with Crippen LogP contribution in [0.1, 0.15) is 38.6 Å². The maximum Gasteiger partial charge on any atom is 0.323 e. The third-order valence-corrected chi connectivity index (χ3v) is 3.41. The zero-order valence-electron chi connectivity index (χ0n) is 13.3. The second-order valence-corrected chi connectivity index (χ2v) is 5.78. The summed E-state index contributed by atoms with van der Waals surface area (Å²) in [5.41, 5.74) is -0.0616. The van der Waals surface area contributed by atoms with Crippen LogP contribution in [-0.2, 0) is 27.8 Å². The van der Waals surface area contributed by atoms with Gasteiger partial charge in [-0.05, 0) is 32.3 Å². The maximum atomic E-state index is 12.3. The third kappa shape index (κ3) is 3.83. The number of carbonyl (C=O) groups is 2. The van der Waals surface area contributed by atoms with Crippen LogP contribution in [0.25, 0.3) is 0 Å². The Balaban J connectivity index is 3.24. The minimum atomic E-state index is -1.57. The Morgan fingerprint density at radius 1 is 1.48 bits per heavy atom. The molecule has 0 aliphatic rings. The fourth-order valence-electron chi connectivity index (χ4n) is 2.58. The van der Waals surface area contributed by atoms with Gasteiger partial charge in [-0.1, -0.05) is 13.8 Å². The van der Waals surface area contributed by atoms with Gasteiger partial charge in [0.15, 0.2) is 5.41 Å². The molecule has 0 spiro atoms. The molecule has 1 N–H and O–H groups in total. The predicted octanol–water partition coefficient (Wildman–Crippen LogP) is 1.95. The summed E-state index contributed by atoms with van der Waals surface area (Å²) in [5.74, 6) is -1.77. The fraction of sp³-hybridized carbons (Fsp3) is 0.667. The number of aryl methyl sites for hydroxylation is 2. The van der Waals surface area contributed by atoms with Gasteiger partial charge in [0.2, 0.25) is 0 Å². The minimum absolute atomic E-state index is 0.0554. The Kier molecular flexibility index (Phi) is 5.52. The zero-order chi connectivity index (χ0) is 16.2. The van der Waals surface area contributed by atoms with E-state index in [9.17, 15) is 14.7 Å². The van der Waals surface area contributed by atoms with E-state index >= 15 is 0 Å². The van der Waals surface area contributed by atoms with Gasteiger partial charge in [-0.25, -0.2) is 0 Å². The number of aliphatic carboxylic acids is 1. The second-order valence-electron chi connectivity index (χ2n) is 5.78. The van der Waals surface area contributed by atoms with E-state index in [4.69, 9.17) is 4.74 Å². The molecule has 0 amide bonds. The Hall–Kier alpha value is -1.85. The summed E-state index contributed by atoms with van der Waals surface area (Å²) < 4.78 is 6.66. The van der Waals surface area contributed by atoms with E-state index in [0.717, 1.165) is 5.69 Å². The van der Waals surface area contributed by atoms with Crippen molar-refractivity contribution in [2.75, 3.05) is 6.61 Å². The number of nitrogens with zero attached hydrogens (tertiary/aromatic N) is 2. The number of carbonyl (C=O) groups excluding carboxylic acids is 1. The summed E-state index contributed by atoms with van der Waals surface area (Å²) in [6.07, 6.45) is 0.308. The van der Waals surface area contributed by atoms with Gasteiger partial charge in [-0.3, -0.25) is 14.3 Å². The zero-order valence-corrected chi connectivity index (χ0v) is 13.3. The van der Waals surface area contributed by atoms with E-state index in [2.05, 4.69) is 5.10 Å². The van der Waals surface area contributed by atoms with Crippen LogP contribution in [0, 0.1) is 18.3 Å². The molecule has 0 fully saturated rings. The van der Waals surface area contributed by atoms with E-state index in [-0.39, 0.29) is 25.4 Å². The smallest absolute Gasteiger partial charge is 0.323 e. The molecule has 0 bridgehead atoms. The van der Waals surface area contributed by atoms with Crippen molar-refractivity contribution in [3.63, 3.8) is 0 Å². The lowest BCUT2D eigenvalue weighted by atomic mass is 9.76. The number of hydrogen-bond donors (Lipinski definition) is 1.